The third kappa shape index (κ3) is 4.23. The van der Waals surface area contributed by atoms with Crippen molar-refractivity contribution in [2.24, 2.45) is 0 Å². The smallest absolute Gasteiger partial charge is 0.234 e. The Balaban J connectivity index is 2.07. The summed E-state index contributed by atoms with van der Waals surface area (Å²) in [5, 5.41) is 11.9. The van der Waals surface area contributed by atoms with Crippen LogP contribution in [0.25, 0.3) is 0 Å². The highest BCUT2D eigenvalue weighted by Crippen LogP contribution is 2.22. The van der Waals surface area contributed by atoms with E-state index in [0.717, 1.165) is 23.9 Å². The molecule has 5 nitrogen and oxygen atoms in total. The summed E-state index contributed by atoms with van der Waals surface area (Å²) in [5.41, 5.74) is 0.737. The summed E-state index contributed by atoms with van der Waals surface area (Å²) in [6, 6.07) is 4.89. The van der Waals surface area contributed by atoms with Gasteiger partial charge < -0.3 is 5.32 Å². The molecule has 1 heterocycles. The van der Waals surface area contributed by atoms with Gasteiger partial charge >= 0.3 is 0 Å². The Hall–Kier alpha value is -2.53. The van der Waals surface area contributed by atoms with Crippen molar-refractivity contribution in [2.45, 2.75) is 18.9 Å². The van der Waals surface area contributed by atoms with Crippen LogP contribution >= 0.6 is 11.8 Å². The lowest BCUT2D eigenvalue weighted by Gasteiger charge is -2.08. The summed E-state index contributed by atoms with van der Waals surface area (Å²) in [4.78, 5) is 20.1. The van der Waals surface area contributed by atoms with Crippen LogP contribution in [0.3, 0.4) is 0 Å². The number of amides is 1. The Morgan fingerprint density at radius 3 is 2.74 bits per heavy atom. The highest BCUT2D eigenvalue weighted by Gasteiger charge is 2.13. The van der Waals surface area contributed by atoms with E-state index in [2.05, 4.69) is 15.3 Å². The molecule has 0 spiro atoms. The fourth-order valence-electron chi connectivity index (χ4n) is 1.83. The zero-order valence-electron chi connectivity index (χ0n) is 12.4. The maximum atomic E-state index is 13.5. The molecule has 0 radical (unpaired) electrons. The molecule has 0 unspecified atom stereocenters. The van der Waals surface area contributed by atoms with Crippen molar-refractivity contribution in [1.29, 1.82) is 5.26 Å². The summed E-state index contributed by atoms with van der Waals surface area (Å²) in [5.74, 6) is -1.64. The van der Waals surface area contributed by atoms with Gasteiger partial charge in [0, 0.05) is 6.07 Å². The van der Waals surface area contributed by atoms with E-state index in [0.29, 0.717) is 28.2 Å². The van der Waals surface area contributed by atoms with Crippen LogP contribution in [0, 0.1) is 36.8 Å². The van der Waals surface area contributed by atoms with Crippen LogP contribution in [0.1, 0.15) is 17.1 Å². The second-order valence-corrected chi connectivity index (χ2v) is 5.57. The molecule has 0 saturated heterocycles. The average molecular weight is 334 g/mol. The summed E-state index contributed by atoms with van der Waals surface area (Å²) in [7, 11) is 0. The zero-order valence-corrected chi connectivity index (χ0v) is 13.2. The fraction of sp³-hybridized carbons (Fsp3) is 0.200. The number of hydrogen-bond acceptors (Lipinski definition) is 5. The van der Waals surface area contributed by atoms with Gasteiger partial charge in [-0.15, -0.1) is 0 Å². The molecule has 0 aliphatic rings. The van der Waals surface area contributed by atoms with Crippen LogP contribution in [0.15, 0.2) is 23.2 Å². The molecule has 2 aromatic rings. The number of hydrogen-bond donors (Lipinski definition) is 1. The minimum atomic E-state index is -0.852. The maximum Gasteiger partial charge on any atom is 0.234 e. The SMILES string of the molecule is Cc1nc(C)c(C#N)c(SCC(=O)Nc2ccc(F)cc2F)n1. The van der Waals surface area contributed by atoms with Gasteiger partial charge in [-0.25, -0.2) is 18.7 Å². The molecule has 0 aliphatic carbocycles. The third-order valence-corrected chi connectivity index (χ3v) is 3.80. The molecule has 0 fully saturated rings. The van der Waals surface area contributed by atoms with E-state index in [1.165, 1.54) is 0 Å². The molecule has 1 aromatic carbocycles. The lowest BCUT2D eigenvalue weighted by molar-refractivity contribution is -0.113. The molecule has 8 heteroatoms. The molecule has 0 aliphatic heterocycles. The standard InChI is InChI=1S/C15H12F2N4OS/c1-8-11(6-18)15(20-9(2)19-8)23-7-14(22)21-13-4-3-10(16)5-12(13)17/h3-5H,7H2,1-2H3,(H,21,22). The van der Waals surface area contributed by atoms with Crippen molar-refractivity contribution in [3.63, 3.8) is 0 Å². The number of nitrogens with zero attached hydrogens (tertiary/aromatic N) is 3. The van der Waals surface area contributed by atoms with Gasteiger partial charge in [-0.1, -0.05) is 11.8 Å². The van der Waals surface area contributed by atoms with Gasteiger partial charge in [0.2, 0.25) is 5.91 Å². The summed E-state index contributed by atoms with van der Waals surface area (Å²) >= 11 is 1.05. The van der Waals surface area contributed by atoms with Gasteiger partial charge in [0.15, 0.2) is 0 Å². The number of anilines is 1. The van der Waals surface area contributed by atoms with Crippen molar-refractivity contribution in [3.05, 3.63) is 46.9 Å². The van der Waals surface area contributed by atoms with E-state index >= 15 is 0 Å². The zero-order chi connectivity index (χ0) is 17.0. The Morgan fingerprint density at radius 2 is 2.09 bits per heavy atom. The number of carbonyl (C=O) groups excluding carboxylic acids is 1. The van der Waals surface area contributed by atoms with E-state index in [4.69, 9.17) is 5.26 Å². The number of benzene rings is 1. The van der Waals surface area contributed by atoms with Crippen LogP contribution in [0.2, 0.25) is 0 Å². The number of aryl methyl sites for hydroxylation is 2. The topological polar surface area (TPSA) is 78.7 Å². The second kappa shape index (κ2) is 7.15. The molecule has 0 atom stereocenters. The summed E-state index contributed by atoms with van der Waals surface area (Å²) < 4.78 is 26.3. The maximum absolute atomic E-state index is 13.5. The molecule has 1 amide bonds. The minimum Gasteiger partial charge on any atom is -0.323 e. The Bertz CT molecular complexity index is 805. The highest BCUT2D eigenvalue weighted by atomic mass is 32.2. The molecular weight excluding hydrogens is 322 g/mol. The van der Waals surface area contributed by atoms with Crippen LogP contribution in [0.5, 0.6) is 0 Å². The van der Waals surface area contributed by atoms with Crippen molar-refractivity contribution in [2.75, 3.05) is 11.1 Å². The predicted octanol–water partition coefficient (Wildman–Crippen LogP) is 2.97. The lowest BCUT2D eigenvalue weighted by atomic mass is 10.3. The van der Waals surface area contributed by atoms with Gasteiger partial charge in [0.1, 0.15) is 34.1 Å². The third-order valence-electron chi connectivity index (χ3n) is 2.83. The van der Waals surface area contributed by atoms with Crippen LogP contribution in [-0.2, 0) is 4.79 Å². The lowest BCUT2D eigenvalue weighted by Crippen LogP contribution is -2.15. The molecule has 1 aromatic heterocycles. The first kappa shape index (κ1) is 16.8. The largest absolute Gasteiger partial charge is 0.323 e. The van der Waals surface area contributed by atoms with Crippen molar-refractivity contribution in [3.8, 4) is 6.07 Å². The molecule has 1 N–H and O–H groups in total. The molecular formula is C15H12F2N4OS. The van der Waals surface area contributed by atoms with E-state index in [9.17, 15) is 13.6 Å². The van der Waals surface area contributed by atoms with Crippen LogP contribution < -0.4 is 5.32 Å². The number of rotatable bonds is 4. The quantitative estimate of drug-likeness (QED) is 0.687. The van der Waals surface area contributed by atoms with Crippen molar-refractivity contribution >= 4 is 23.4 Å². The second-order valence-electron chi connectivity index (χ2n) is 4.61. The highest BCUT2D eigenvalue weighted by molar-refractivity contribution is 8.00. The van der Waals surface area contributed by atoms with Gasteiger partial charge in [0.25, 0.3) is 0 Å². The number of aromatic nitrogens is 2. The van der Waals surface area contributed by atoms with Crippen LogP contribution in [0.4, 0.5) is 14.5 Å². The van der Waals surface area contributed by atoms with Crippen molar-refractivity contribution < 1.29 is 13.6 Å². The van der Waals surface area contributed by atoms with Crippen molar-refractivity contribution in [1.82, 2.24) is 9.97 Å². The molecule has 0 saturated carbocycles. The summed E-state index contributed by atoms with van der Waals surface area (Å²) in [6.07, 6.45) is 0. The normalized spacial score (nSPS) is 10.2. The van der Waals surface area contributed by atoms with Gasteiger partial charge in [0.05, 0.1) is 17.1 Å². The van der Waals surface area contributed by atoms with E-state index in [1.54, 1.807) is 13.8 Å². The average Bonchev–Trinajstić information content (AvgIpc) is 2.47. The monoisotopic (exact) mass is 334 g/mol. The number of halogens is 2. The molecule has 118 valence electrons. The fourth-order valence-corrected chi connectivity index (χ4v) is 2.70. The van der Waals surface area contributed by atoms with Gasteiger partial charge in [-0.2, -0.15) is 5.26 Å². The Morgan fingerprint density at radius 1 is 1.35 bits per heavy atom. The predicted molar refractivity (Wildman–Crippen MR) is 81.9 cm³/mol. The van der Waals surface area contributed by atoms with E-state index in [-0.39, 0.29) is 11.4 Å². The Kier molecular flexibility index (Phi) is 5.24. The minimum absolute atomic E-state index is 0.0681. The Labute approximate surface area is 135 Å². The number of nitrogens with one attached hydrogen (secondary N) is 1. The van der Waals surface area contributed by atoms with Crippen LogP contribution in [-0.4, -0.2) is 21.6 Å². The molecule has 23 heavy (non-hydrogen) atoms. The molecule has 0 bridgehead atoms. The molecule has 2 rings (SSSR count). The number of nitriles is 1. The first-order valence-electron chi connectivity index (χ1n) is 6.53. The summed E-state index contributed by atoms with van der Waals surface area (Å²) in [6.45, 7) is 3.37. The van der Waals surface area contributed by atoms with Gasteiger partial charge in [-0.05, 0) is 26.0 Å². The first-order valence-corrected chi connectivity index (χ1v) is 7.52. The van der Waals surface area contributed by atoms with E-state index < -0.39 is 17.5 Å². The van der Waals surface area contributed by atoms with E-state index in [1.807, 2.05) is 6.07 Å². The number of carbonyl (C=O) groups is 1. The number of thioether (sulfide) groups is 1. The van der Waals surface area contributed by atoms with Gasteiger partial charge in [-0.3, -0.25) is 4.79 Å². The first-order chi connectivity index (χ1) is 10.9.